The molecule has 1 heterocycles. The molecule has 2 rings (SSSR count). The van der Waals surface area contributed by atoms with Gasteiger partial charge in [-0.25, -0.2) is 13.1 Å². The summed E-state index contributed by atoms with van der Waals surface area (Å²) in [5, 5.41) is 0. The Bertz CT molecular complexity index is 696. The first-order valence-electron chi connectivity index (χ1n) is 7.65. The van der Waals surface area contributed by atoms with Crippen molar-refractivity contribution in [2.75, 3.05) is 18.6 Å². The number of methoxy groups -OCH3 is 1. The Morgan fingerprint density at radius 1 is 1.35 bits per heavy atom. The average molecular weight is 405 g/mol. The van der Waals surface area contributed by atoms with E-state index in [1.54, 1.807) is 6.07 Å². The van der Waals surface area contributed by atoms with Gasteiger partial charge >= 0.3 is 0 Å². The average Bonchev–Trinajstić information content (AvgIpc) is 2.51. The van der Waals surface area contributed by atoms with Gasteiger partial charge in [0.05, 0.1) is 17.3 Å². The lowest BCUT2D eigenvalue weighted by molar-refractivity contribution is 0.405. The number of hydrogen-bond donors (Lipinski definition) is 1. The maximum Gasteiger partial charge on any atom is 0.243 e. The summed E-state index contributed by atoms with van der Waals surface area (Å²) in [6, 6.07) is 3.27. The third-order valence-electron chi connectivity index (χ3n) is 4.11. The van der Waals surface area contributed by atoms with E-state index in [1.807, 2.05) is 19.9 Å². The summed E-state index contributed by atoms with van der Waals surface area (Å²) in [5.74, 6) is 0.695. The molecule has 1 aromatic rings. The van der Waals surface area contributed by atoms with Crippen LogP contribution in [0.3, 0.4) is 0 Å². The van der Waals surface area contributed by atoms with Crippen molar-refractivity contribution in [3.8, 4) is 5.75 Å². The number of fused-ring (bicyclic) bond motifs is 1. The standard InChI is InChI=1S/C16H25BrN2O3S/c1-10(2)12-9-19(16(3,4)5)13-7-11(17)14(22-6)8-15(13)23(20,21)18-12/h7-8,10,12,18H,9H2,1-6H3/t12-/m0/s1. The van der Waals surface area contributed by atoms with Gasteiger partial charge in [-0.15, -0.1) is 0 Å². The van der Waals surface area contributed by atoms with Crippen LogP contribution < -0.4 is 14.4 Å². The van der Waals surface area contributed by atoms with Crippen LogP contribution in [0.25, 0.3) is 0 Å². The first-order valence-corrected chi connectivity index (χ1v) is 9.92. The molecule has 0 aromatic heterocycles. The highest BCUT2D eigenvalue weighted by Crippen LogP contribution is 2.40. The lowest BCUT2D eigenvalue weighted by Crippen LogP contribution is -2.50. The van der Waals surface area contributed by atoms with E-state index in [9.17, 15) is 8.42 Å². The molecule has 0 fully saturated rings. The first-order chi connectivity index (χ1) is 10.5. The summed E-state index contributed by atoms with van der Waals surface area (Å²) in [5.41, 5.74) is 0.484. The Kier molecular flexibility index (Phi) is 5.05. The molecule has 130 valence electrons. The predicted molar refractivity (Wildman–Crippen MR) is 96.7 cm³/mol. The quantitative estimate of drug-likeness (QED) is 0.820. The van der Waals surface area contributed by atoms with Gasteiger partial charge in [0.2, 0.25) is 10.0 Å². The molecule has 1 aromatic carbocycles. The van der Waals surface area contributed by atoms with Gasteiger partial charge < -0.3 is 9.64 Å². The smallest absolute Gasteiger partial charge is 0.243 e. The molecule has 0 saturated heterocycles. The lowest BCUT2D eigenvalue weighted by Gasteiger charge is -2.39. The summed E-state index contributed by atoms with van der Waals surface area (Å²) >= 11 is 3.47. The van der Waals surface area contributed by atoms with Crippen molar-refractivity contribution in [3.05, 3.63) is 16.6 Å². The molecule has 0 saturated carbocycles. The van der Waals surface area contributed by atoms with Gasteiger partial charge in [-0.2, -0.15) is 0 Å². The summed E-state index contributed by atoms with van der Waals surface area (Å²) in [6.07, 6.45) is 0. The van der Waals surface area contributed by atoms with Crippen LogP contribution >= 0.6 is 15.9 Å². The second kappa shape index (κ2) is 6.26. The highest BCUT2D eigenvalue weighted by Gasteiger charge is 2.37. The number of hydrogen-bond acceptors (Lipinski definition) is 4. The van der Waals surface area contributed by atoms with Gasteiger partial charge in [-0.05, 0) is 48.7 Å². The molecule has 0 amide bonds. The molecule has 0 spiro atoms. The van der Waals surface area contributed by atoms with Crippen LogP contribution in [0.2, 0.25) is 0 Å². The van der Waals surface area contributed by atoms with Crippen molar-refractivity contribution < 1.29 is 13.2 Å². The number of ether oxygens (including phenoxy) is 1. The zero-order valence-electron chi connectivity index (χ0n) is 14.5. The molecular formula is C16H25BrN2O3S. The molecule has 5 nitrogen and oxygen atoms in total. The fraction of sp³-hybridized carbons (Fsp3) is 0.625. The number of anilines is 1. The molecule has 0 radical (unpaired) electrons. The van der Waals surface area contributed by atoms with Crippen molar-refractivity contribution in [1.82, 2.24) is 4.72 Å². The molecule has 1 N–H and O–H groups in total. The van der Waals surface area contributed by atoms with Crippen molar-refractivity contribution in [2.45, 2.75) is 51.1 Å². The molecule has 1 aliphatic rings. The monoisotopic (exact) mass is 404 g/mol. The number of benzene rings is 1. The normalized spacial score (nSPS) is 21.0. The molecular weight excluding hydrogens is 380 g/mol. The fourth-order valence-electron chi connectivity index (χ4n) is 2.68. The lowest BCUT2D eigenvalue weighted by atomic mass is 9.99. The Morgan fingerprint density at radius 3 is 2.43 bits per heavy atom. The molecule has 0 unspecified atom stereocenters. The fourth-order valence-corrected chi connectivity index (χ4v) is 4.76. The zero-order valence-corrected chi connectivity index (χ0v) is 16.9. The van der Waals surface area contributed by atoms with Crippen LogP contribution in [0.15, 0.2) is 21.5 Å². The van der Waals surface area contributed by atoms with Gasteiger partial charge in [-0.1, -0.05) is 13.8 Å². The molecule has 1 atom stereocenters. The summed E-state index contributed by atoms with van der Waals surface area (Å²) in [4.78, 5) is 2.41. The third kappa shape index (κ3) is 3.67. The van der Waals surface area contributed by atoms with Gasteiger partial charge in [0.1, 0.15) is 10.6 Å². The maximum absolute atomic E-state index is 12.9. The molecule has 7 heteroatoms. The minimum absolute atomic E-state index is 0.156. The van der Waals surface area contributed by atoms with E-state index < -0.39 is 10.0 Å². The maximum atomic E-state index is 12.9. The van der Waals surface area contributed by atoms with Crippen LogP contribution in [-0.4, -0.2) is 33.7 Å². The van der Waals surface area contributed by atoms with Crippen LogP contribution in [0.5, 0.6) is 5.75 Å². The minimum Gasteiger partial charge on any atom is -0.496 e. The predicted octanol–water partition coefficient (Wildman–Crippen LogP) is 3.38. The topological polar surface area (TPSA) is 58.6 Å². The second-order valence-electron chi connectivity index (χ2n) is 7.21. The Morgan fingerprint density at radius 2 is 1.96 bits per heavy atom. The first kappa shape index (κ1) is 18.5. The molecule has 1 aliphatic heterocycles. The van der Waals surface area contributed by atoms with Crippen molar-refractivity contribution in [3.63, 3.8) is 0 Å². The Balaban J connectivity index is 2.74. The summed E-state index contributed by atoms with van der Waals surface area (Å²) in [7, 11) is -2.08. The molecule has 0 aliphatic carbocycles. The molecule has 0 bridgehead atoms. The van der Waals surface area contributed by atoms with Crippen LogP contribution in [0.1, 0.15) is 34.6 Å². The number of nitrogens with one attached hydrogen (secondary N) is 1. The SMILES string of the molecule is COc1cc2c(cc1Br)N(C(C)(C)C)C[C@@H](C(C)C)NS2(=O)=O. The van der Waals surface area contributed by atoms with Crippen molar-refractivity contribution in [1.29, 1.82) is 0 Å². The van der Waals surface area contributed by atoms with Gasteiger partial charge in [0.15, 0.2) is 0 Å². The highest BCUT2D eigenvalue weighted by molar-refractivity contribution is 9.10. The van der Waals surface area contributed by atoms with E-state index in [0.717, 1.165) is 4.47 Å². The van der Waals surface area contributed by atoms with Crippen LogP contribution in [0, 0.1) is 5.92 Å². The van der Waals surface area contributed by atoms with E-state index in [0.29, 0.717) is 18.0 Å². The largest absolute Gasteiger partial charge is 0.496 e. The zero-order chi connectivity index (χ0) is 17.6. The summed E-state index contributed by atoms with van der Waals surface area (Å²) in [6.45, 7) is 10.9. The highest BCUT2D eigenvalue weighted by atomic mass is 79.9. The number of rotatable bonds is 2. The van der Waals surface area contributed by atoms with E-state index in [4.69, 9.17) is 4.74 Å². The van der Waals surface area contributed by atoms with E-state index >= 15 is 0 Å². The number of sulfonamides is 1. The van der Waals surface area contributed by atoms with E-state index in [2.05, 4.69) is 46.3 Å². The van der Waals surface area contributed by atoms with Gasteiger partial charge in [0.25, 0.3) is 0 Å². The van der Waals surface area contributed by atoms with Crippen molar-refractivity contribution >= 4 is 31.6 Å². The third-order valence-corrected chi connectivity index (χ3v) is 6.25. The number of nitrogens with zero attached hydrogens (tertiary/aromatic N) is 1. The van der Waals surface area contributed by atoms with Crippen LogP contribution in [0.4, 0.5) is 5.69 Å². The summed E-state index contributed by atoms with van der Waals surface area (Å²) < 4.78 is 34.6. The van der Waals surface area contributed by atoms with E-state index in [-0.39, 0.29) is 22.4 Å². The molecule has 23 heavy (non-hydrogen) atoms. The van der Waals surface area contributed by atoms with Crippen molar-refractivity contribution in [2.24, 2.45) is 5.92 Å². The minimum atomic E-state index is -3.61. The second-order valence-corrected chi connectivity index (χ2v) is 9.74. The number of halogens is 1. The van der Waals surface area contributed by atoms with Gasteiger partial charge in [-0.3, -0.25) is 0 Å². The Labute approximate surface area is 147 Å². The van der Waals surface area contributed by atoms with Gasteiger partial charge in [0, 0.05) is 24.2 Å². The van der Waals surface area contributed by atoms with Crippen LogP contribution in [-0.2, 0) is 10.0 Å². The Hall–Kier alpha value is -0.790. The van der Waals surface area contributed by atoms with E-state index in [1.165, 1.54) is 7.11 Å².